The van der Waals surface area contributed by atoms with Gasteiger partial charge in [-0.1, -0.05) is 18.2 Å². The molecule has 1 amide bonds. The molecule has 4 N–H and O–H groups in total. The van der Waals surface area contributed by atoms with Gasteiger partial charge in [0.25, 0.3) is 5.91 Å². The maximum Gasteiger partial charge on any atom is 0.290 e. The fraction of sp³-hybridized carbons (Fsp3) is 0.350. The molecule has 0 fully saturated rings. The summed E-state index contributed by atoms with van der Waals surface area (Å²) in [7, 11) is 0. The first kappa shape index (κ1) is 20.3. The van der Waals surface area contributed by atoms with Crippen molar-refractivity contribution >= 4 is 28.6 Å². The standard InChI is InChI=1S/C20H24N2O5S/c21-15-4-1-2-5-16(15)22-20(24)17-12-14(18-6-3-11-28-18)13-19(27-17)26-10-9-25-8-7-23/h1-6,11-12,14,19,23H,7-10,13,21H2,(H,22,24)/t14-,19+/m1/s1. The number of aliphatic hydroxyl groups is 1. The number of aliphatic hydroxyl groups excluding tert-OH is 1. The summed E-state index contributed by atoms with van der Waals surface area (Å²) in [6, 6.07) is 11.1. The minimum atomic E-state index is -0.566. The smallest absolute Gasteiger partial charge is 0.290 e. The quantitative estimate of drug-likeness (QED) is 0.439. The molecule has 8 heteroatoms. The molecular weight excluding hydrogens is 380 g/mol. The minimum Gasteiger partial charge on any atom is -0.459 e. The Morgan fingerprint density at radius 1 is 1.25 bits per heavy atom. The molecule has 0 saturated heterocycles. The van der Waals surface area contributed by atoms with Gasteiger partial charge in [-0.3, -0.25) is 4.79 Å². The number of carbonyl (C=O) groups is 1. The van der Waals surface area contributed by atoms with Crippen molar-refractivity contribution in [1.82, 2.24) is 0 Å². The van der Waals surface area contributed by atoms with Crippen LogP contribution in [0.5, 0.6) is 0 Å². The van der Waals surface area contributed by atoms with E-state index in [1.165, 1.54) is 0 Å². The van der Waals surface area contributed by atoms with Gasteiger partial charge >= 0.3 is 0 Å². The Hall–Kier alpha value is -2.39. The van der Waals surface area contributed by atoms with Crippen LogP contribution in [0.3, 0.4) is 0 Å². The number of hydrogen-bond acceptors (Lipinski definition) is 7. The second-order valence-electron chi connectivity index (χ2n) is 6.18. The van der Waals surface area contributed by atoms with Crippen LogP contribution in [0.1, 0.15) is 17.2 Å². The SMILES string of the molecule is Nc1ccccc1NC(=O)C1=C[C@@H](c2cccs2)C[C@@H](OCCOCCO)O1. The van der Waals surface area contributed by atoms with E-state index in [0.29, 0.717) is 31.0 Å². The minimum absolute atomic E-state index is 0.0194. The zero-order valence-corrected chi connectivity index (χ0v) is 16.2. The summed E-state index contributed by atoms with van der Waals surface area (Å²) in [5, 5.41) is 13.5. The van der Waals surface area contributed by atoms with Crippen molar-refractivity contribution in [2.45, 2.75) is 18.6 Å². The zero-order valence-electron chi connectivity index (χ0n) is 15.4. The van der Waals surface area contributed by atoms with Crippen LogP contribution < -0.4 is 11.1 Å². The van der Waals surface area contributed by atoms with Crippen LogP contribution in [0, 0.1) is 0 Å². The Bertz CT molecular complexity index is 794. The molecule has 1 aliphatic rings. The largest absolute Gasteiger partial charge is 0.459 e. The van der Waals surface area contributed by atoms with E-state index in [1.54, 1.807) is 35.6 Å². The normalized spacial score (nSPS) is 19.0. The van der Waals surface area contributed by atoms with Crippen LogP contribution >= 0.6 is 11.3 Å². The second kappa shape index (κ2) is 10.2. The third kappa shape index (κ3) is 5.56. The molecule has 1 aliphatic heterocycles. The van der Waals surface area contributed by atoms with Crippen LogP contribution in [0.25, 0.3) is 0 Å². The lowest BCUT2D eigenvalue weighted by atomic mass is 9.99. The molecule has 1 aromatic carbocycles. The monoisotopic (exact) mass is 404 g/mol. The first-order valence-corrected chi connectivity index (χ1v) is 9.93. The number of hydrogen-bond donors (Lipinski definition) is 3. The maximum absolute atomic E-state index is 12.7. The Balaban J connectivity index is 1.68. The predicted octanol–water partition coefficient (Wildman–Crippen LogP) is 2.71. The highest BCUT2D eigenvalue weighted by molar-refractivity contribution is 7.10. The zero-order chi connectivity index (χ0) is 19.8. The molecule has 7 nitrogen and oxygen atoms in total. The van der Waals surface area contributed by atoms with E-state index in [9.17, 15) is 4.79 Å². The van der Waals surface area contributed by atoms with E-state index in [1.807, 2.05) is 23.6 Å². The topological polar surface area (TPSA) is 103 Å². The van der Waals surface area contributed by atoms with Crippen LogP contribution in [-0.2, 0) is 19.0 Å². The molecule has 0 saturated carbocycles. The molecule has 2 aromatic rings. The predicted molar refractivity (Wildman–Crippen MR) is 108 cm³/mol. The number of nitrogens with two attached hydrogens (primary N) is 1. The van der Waals surface area contributed by atoms with Crippen molar-refractivity contribution in [2.75, 3.05) is 37.5 Å². The van der Waals surface area contributed by atoms with Crippen molar-refractivity contribution < 1.29 is 24.1 Å². The maximum atomic E-state index is 12.7. The van der Waals surface area contributed by atoms with E-state index >= 15 is 0 Å². The van der Waals surface area contributed by atoms with Gasteiger partial charge in [0.15, 0.2) is 5.76 Å². The average molecular weight is 404 g/mol. The van der Waals surface area contributed by atoms with Crippen LogP contribution in [0.2, 0.25) is 0 Å². The highest BCUT2D eigenvalue weighted by Gasteiger charge is 2.29. The number of para-hydroxylation sites is 2. The molecule has 0 aliphatic carbocycles. The average Bonchev–Trinajstić information content (AvgIpc) is 3.24. The highest BCUT2D eigenvalue weighted by Crippen LogP contribution is 2.34. The van der Waals surface area contributed by atoms with Gasteiger partial charge in [0.05, 0.1) is 37.8 Å². The molecule has 2 heterocycles. The summed E-state index contributed by atoms with van der Waals surface area (Å²) in [5.41, 5.74) is 6.92. The summed E-state index contributed by atoms with van der Waals surface area (Å²) in [5.74, 6) is -0.149. The molecule has 0 unspecified atom stereocenters. The van der Waals surface area contributed by atoms with Crippen molar-refractivity contribution in [3.05, 3.63) is 58.5 Å². The fourth-order valence-electron chi connectivity index (χ4n) is 2.82. The Morgan fingerprint density at radius 2 is 2.11 bits per heavy atom. The lowest BCUT2D eigenvalue weighted by Crippen LogP contribution is -2.30. The number of nitrogens with one attached hydrogen (secondary N) is 1. The first-order valence-electron chi connectivity index (χ1n) is 9.05. The molecule has 2 atom stereocenters. The van der Waals surface area contributed by atoms with Gasteiger partial charge in [-0.25, -0.2) is 0 Å². The van der Waals surface area contributed by atoms with Gasteiger partial charge in [0.2, 0.25) is 6.29 Å². The molecule has 1 aromatic heterocycles. The number of ether oxygens (including phenoxy) is 3. The van der Waals surface area contributed by atoms with Crippen LogP contribution in [0.15, 0.2) is 53.6 Å². The molecule has 28 heavy (non-hydrogen) atoms. The number of allylic oxidation sites excluding steroid dienone is 1. The van der Waals surface area contributed by atoms with Crippen molar-refractivity contribution in [1.29, 1.82) is 0 Å². The van der Waals surface area contributed by atoms with Crippen molar-refractivity contribution in [2.24, 2.45) is 0 Å². The third-order valence-electron chi connectivity index (χ3n) is 4.17. The van der Waals surface area contributed by atoms with Gasteiger partial charge in [-0.05, 0) is 29.7 Å². The van der Waals surface area contributed by atoms with Gasteiger partial charge < -0.3 is 30.4 Å². The Labute approximate surface area is 167 Å². The third-order valence-corrected chi connectivity index (χ3v) is 5.17. The molecular formula is C20H24N2O5S. The number of amides is 1. The van der Waals surface area contributed by atoms with Crippen LogP contribution in [-0.4, -0.2) is 43.7 Å². The number of nitrogen functional groups attached to an aromatic ring is 1. The Morgan fingerprint density at radius 3 is 2.86 bits per heavy atom. The second-order valence-corrected chi connectivity index (χ2v) is 7.16. The van der Waals surface area contributed by atoms with E-state index in [0.717, 1.165) is 4.88 Å². The first-order chi connectivity index (χ1) is 13.7. The van der Waals surface area contributed by atoms with Gasteiger partial charge in [-0.15, -0.1) is 11.3 Å². The molecule has 0 bridgehead atoms. The van der Waals surface area contributed by atoms with Crippen molar-refractivity contribution in [3.8, 4) is 0 Å². The molecule has 150 valence electrons. The molecule has 0 radical (unpaired) electrons. The summed E-state index contributed by atoms with van der Waals surface area (Å²) in [6.45, 7) is 0.882. The number of benzene rings is 1. The molecule has 3 rings (SSSR count). The van der Waals surface area contributed by atoms with Gasteiger partial charge in [-0.2, -0.15) is 0 Å². The summed E-state index contributed by atoms with van der Waals surface area (Å²) in [4.78, 5) is 13.9. The van der Waals surface area contributed by atoms with E-state index in [4.69, 9.17) is 25.1 Å². The fourth-order valence-corrected chi connectivity index (χ4v) is 3.63. The van der Waals surface area contributed by atoms with Crippen molar-refractivity contribution in [3.63, 3.8) is 0 Å². The number of anilines is 2. The number of rotatable bonds is 9. The van der Waals surface area contributed by atoms with E-state index < -0.39 is 6.29 Å². The number of thiophene rings is 1. The lowest BCUT2D eigenvalue weighted by Gasteiger charge is -2.28. The molecule has 0 spiro atoms. The summed E-state index contributed by atoms with van der Waals surface area (Å²) in [6.07, 6.45) is 1.86. The van der Waals surface area contributed by atoms with Crippen LogP contribution in [0.4, 0.5) is 11.4 Å². The number of carbonyl (C=O) groups excluding carboxylic acids is 1. The van der Waals surface area contributed by atoms with Gasteiger partial charge in [0.1, 0.15) is 0 Å². The van der Waals surface area contributed by atoms with E-state index in [2.05, 4.69) is 5.32 Å². The highest BCUT2D eigenvalue weighted by atomic mass is 32.1. The van der Waals surface area contributed by atoms with E-state index in [-0.39, 0.29) is 30.8 Å². The Kier molecular flexibility index (Phi) is 7.44. The van der Waals surface area contributed by atoms with Gasteiger partial charge in [0, 0.05) is 17.2 Å². The lowest BCUT2D eigenvalue weighted by molar-refractivity contribution is -0.148. The summed E-state index contributed by atoms with van der Waals surface area (Å²) < 4.78 is 16.7. The summed E-state index contributed by atoms with van der Waals surface area (Å²) >= 11 is 1.63.